The normalized spacial score (nSPS) is 12.2. The first-order valence-electron chi connectivity index (χ1n) is 6.87. The average molecular weight is 282 g/mol. The van der Waals surface area contributed by atoms with E-state index in [9.17, 15) is 15.2 Å². The topological polar surface area (TPSA) is 84.6 Å². The highest BCUT2D eigenvalue weighted by Gasteiger charge is 2.12. The molecule has 0 fully saturated rings. The van der Waals surface area contributed by atoms with Gasteiger partial charge in [0.25, 0.3) is 5.69 Å². The Hall–Kier alpha value is -1.66. The van der Waals surface area contributed by atoms with Crippen LogP contribution in [0.3, 0.4) is 0 Å². The van der Waals surface area contributed by atoms with Gasteiger partial charge in [-0.2, -0.15) is 0 Å². The molecule has 0 bridgehead atoms. The summed E-state index contributed by atoms with van der Waals surface area (Å²) in [5.74, 6) is 0.576. The second-order valence-corrected chi connectivity index (χ2v) is 4.60. The van der Waals surface area contributed by atoms with Crippen molar-refractivity contribution >= 4 is 5.69 Å². The van der Waals surface area contributed by atoms with Crippen molar-refractivity contribution in [1.82, 2.24) is 5.32 Å². The number of rotatable bonds is 9. The van der Waals surface area contributed by atoms with Crippen LogP contribution >= 0.6 is 0 Å². The Bertz CT molecular complexity index is 437. The summed E-state index contributed by atoms with van der Waals surface area (Å²) in [6.45, 7) is 5.45. The maximum absolute atomic E-state index is 10.8. The first kappa shape index (κ1) is 16.4. The molecule has 0 aliphatic carbocycles. The molecule has 20 heavy (non-hydrogen) atoms. The van der Waals surface area contributed by atoms with E-state index < -0.39 is 11.0 Å². The molecule has 0 amide bonds. The predicted octanol–water partition coefficient (Wildman–Crippen LogP) is 2.24. The van der Waals surface area contributed by atoms with E-state index in [-0.39, 0.29) is 12.3 Å². The Balaban J connectivity index is 2.81. The zero-order valence-electron chi connectivity index (χ0n) is 12.0. The average Bonchev–Trinajstić information content (AvgIpc) is 2.45. The van der Waals surface area contributed by atoms with Crippen LogP contribution in [0.25, 0.3) is 0 Å². The quantitative estimate of drug-likeness (QED) is 0.412. The summed E-state index contributed by atoms with van der Waals surface area (Å²) in [5.41, 5.74) is 0.776. The van der Waals surface area contributed by atoms with Gasteiger partial charge in [0.05, 0.1) is 11.0 Å². The van der Waals surface area contributed by atoms with Gasteiger partial charge in [0, 0.05) is 24.2 Å². The molecule has 0 aromatic heterocycles. The molecule has 0 aliphatic rings. The molecule has 0 spiro atoms. The summed E-state index contributed by atoms with van der Waals surface area (Å²) >= 11 is 0. The molecule has 6 heteroatoms. The number of hydrogen-bond donors (Lipinski definition) is 2. The summed E-state index contributed by atoms with van der Waals surface area (Å²) in [6.07, 6.45) is 1.07. The Labute approximate surface area is 118 Å². The number of nitro benzene ring substituents is 1. The minimum absolute atomic E-state index is 0.0432. The maximum Gasteiger partial charge on any atom is 0.270 e. The van der Waals surface area contributed by atoms with Gasteiger partial charge in [-0.25, -0.2) is 0 Å². The molecule has 112 valence electrons. The Morgan fingerprint density at radius 3 is 2.80 bits per heavy atom. The van der Waals surface area contributed by atoms with E-state index in [0.717, 1.165) is 18.5 Å². The molecule has 0 saturated carbocycles. The van der Waals surface area contributed by atoms with Gasteiger partial charge in [-0.1, -0.05) is 13.8 Å². The van der Waals surface area contributed by atoms with Gasteiger partial charge in [0.1, 0.15) is 12.4 Å². The lowest BCUT2D eigenvalue weighted by Gasteiger charge is -2.14. The minimum atomic E-state index is -0.526. The minimum Gasteiger partial charge on any atom is -0.491 e. The second kappa shape index (κ2) is 8.50. The van der Waals surface area contributed by atoms with Crippen LogP contribution in [0, 0.1) is 10.1 Å². The van der Waals surface area contributed by atoms with Crippen molar-refractivity contribution in [2.24, 2.45) is 0 Å². The predicted molar refractivity (Wildman–Crippen MR) is 76.9 cm³/mol. The van der Waals surface area contributed by atoms with Gasteiger partial charge < -0.3 is 15.2 Å². The summed E-state index contributed by atoms with van der Waals surface area (Å²) in [4.78, 5) is 10.4. The number of ether oxygens (including phenoxy) is 1. The van der Waals surface area contributed by atoms with Crippen LogP contribution in [0.15, 0.2) is 18.2 Å². The van der Waals surface area contributed by atoms with E-state index in [1.54, 1.807) is 6.07 Å². The molecule has 1 aromatic rings. The fourth-order valence-electron chi connectivity index (χ4n) is 1.66. The summed E-state index contributed by atoms with van der Waals surface area (Å²) in [5, 5.41) is 23.5. The number of nitro groups is 1. The van der Waals surface area contributed by atoms with E-state index in [4.69, 9.17) is 4.74 Å². The first-order chi connectivity index (χ1) is 9.58. The van der Waals surface area contributed by atoms with Crippen LogP contribution in [0.4, 0.5) is 5.69 Å². The van der Waals surface area contributed by atoms with E-state index >= 15 is 0 Å². The fourth-order valence-corrected chi connectivity index (χ4v) is 1.66. The van der Waals surface area contributed by atoms with E-state index in [1.165, 1.54) is 12.1 Å². The number of nitrogens with one attached hydrogen (secondary N) is 1. The largest absolute Gasteiger partial charge is 0.491 e. The number of non-ortho nitro benzene ring substituents is 1. The summed E-state index contributed by atoms with van der Waals surface area (Å²) in [6, 6.07) is 4.51. The van der Waals surface area contributed by atoms with Crippen LogP contribution in [0.1, 0.15) is 32.3 Å². The van der Waals surface area contributed by atoms with Crippen LogP contribution < -0.4 is 10.1 Å². The van der Waals surface area contributed by atoms with Crippen molar-refractivity contribution in [3.05, 3.63) is 33.9 Å². The van der Waals surface area contributed by atoms with Gasteiger partial charge in [0.2, 0.25) is 0 Å². The zero-order chi connectivity index (χ0) is 15.0. The molecule has 6 nitrogen and oxygen atoms in total. The number of benzene rings is 1. The van der Waals surface area contributed by atoms with Crippen molar-refractivity contribution in [2.75, 3.05) is 13.2 Å². The Morgan fingerprint density at radius 1 is 1.45 bits per heavy atom. The fraction of sp³-hybridized carbons (Fsp3) is 0.571. The van der Waals surface area contributed by atoms with Gasteiger partial charge in [0.15, 0.2) is 0 Å². The first-order valence-corrected chi connectivity index (χ1v) is 6.87. The standard InChI is InChI=1S/C14H22N2O4/c1-3-7-15-9-11-8-12(16(18)19)5-6-14(11)20-10-13(17)4-2/h5-6,8,13,15,17H,3-4,7,9-10H2,1-2H3. The molecule has 0 aliphatic heterocycles. The number of nitrogens with zero attached hydrogens (tertiary/aromatic N) is 1. The van der Waals surface area contributed by atoms with Gasteiger partial charge in [-0.3, -0.25) is 10.1 Å². The molecule has 0 saturated heterocycles. The lowest BCUT2D eigenvalue weighted by molar-refractivity contribution is -0.384. The molecular weight excluding hydrogens is 260 g/mol. The van der Waals surface area contributed by atoms with Crippen molar-refractivity contribution in [3.8, 4) is 5.75 Å². The molecular formula is C14H22N2O4. The van der Waals surface area contributed by atoms with Crippen LogP contribution in [-0.2, 0) is 6.54 Å². The van der Waals surface area contributed by atoms with Crippen molar-refractivity contribution in [3.63, 3.8) is 0 Å². The van der Waals surface area contributed by atoms with E-state index in [2.05, 4.69) is 12.2 Å². The van der Waals surface area contributed by atoms with Gasteiger partial charge in [-0.15, -0.1) is 0 Å². The highest BCUT2D eigenvalue weighted by molar-refractivity contribution is 5.43. The SMILES string of the molecule is CCCNCc1cc([N+](=O)[O-])ccc1OCC(O)CC. The summed E-state index contributed by atoms with van der Waals surface area (Å²) in [7, 11) is 0. The molecule has 1 unspecified atom stereocenters. The van der Waals surface area contributed by atoms with Crippen LogP contribution in [0.2, 0.25) is 0 Å². The molecule has 1 atom stereocenters. The lowest BCUT2D eigenvalue weighted by Crippen LogP contribution is -2.18. The molecule has 1 aromatic carbocycles. The monoisotopic (exact) mass is 282 g/mol. The van der Waals surface area contributed by atoms with Crippen molar-refractivity contribution in [2.45, 2.75) is 39.3 Å². The smallest absolute Gasteiger partial charge is 0.270 e. The van der Waals surface area contributed by atoms with Crippen LogP contribution in [-0.4, -0.2) is 29.3 Å². The number of aliphatic hydroxyl groups excluding tert-OH is 1. The Kier molecular flexibility index (Phi) is 6.97. The molecule has 2 N–H and O–H groups in total. The van der Waals surface area contributed by atoms with Crippen molar-refractivity contribution in [1.29, 1.82) is 0 Å². The second-order valence-electron chi connectivity index (χ2n) is 4.60. The van der Waals surface area contributed by atoms with E-state index in [0.29, 0.717) is 18.7 Å². The summed E-state index contributed by atoms with van der Waals surface area (Å²) < 4.78 is 5.54. The third-order valence-electron chi connectivity index (χ3n) is 2.90. The molecule has 0 radical (unpaired) electrons. The van der Waals surface area contributed by atoms with Gasteiger partial charge in [-0.05, 0) is 25.5 Å². The highest BCUT2D eigenvalue weighted by Crippen LogP contribution is 2.24. The molecule has 1 rings (SSSR count). The number of aliphatic hydroxyl groups is 1. The number of hydrogen-bond acceptors (Lipinski definition) is 5. The zero-order valence-corrected chi connectivity index (χ0v) is 12.0. The lowest BCUT2D eigenvalue weighted by atomic mass is 10.1. The third kappa shape index (κ3) is 5.14. The maximum atomic E-state index is 10.8. The van der Waals surface area contributed by atoms with E-state index in [1.807, 2.05) is 6.92 Å². The van der Waals surface area contributed by atoms with Crippen LogP contribution in [0.5, 0.6) is 5.75 Å². The molecule has 0 heterocycles. The Morgan fingerprint density at radius 2 is 2.20 bits per heavy atom. The van der Waals surface area contributed by atoms with Gasteiger partial charge >= 0.3 is 0 Å². The highest BCUT2D eigenvalue weighted by atomic mass is 16.6. The van der Waals surface area contributed by atoms with Crippen molar-refractivity contribution < 1.29 is 14.8 Å². The third-order valence-corrected chi connectivity index (χ3v) is 2.90.